The predicted molar refractivity (Wildman–Crippen MR) is 113 cm³/mol. The highest BCUT2D eigenvalue weighted by molar-refractivity contribution is 9.11. The third-order valence-corrected chi connectivity index (χ3v) is 8.73. The largest absolute Gasteiger partial charge is 0.336 e. The van der Waals surface area contributed by atoms with Gasteiger partial charge >= 0.3 is 0 Å². The lowest BCUT2D eigenvalue weighted by molar-refractivity contribution is 0.0700. The summed E-state index contributed by atoms with van der Waals surface area (Å²) < 4.78 is 28.1. The molecular weight excluding hydrogens is 462 g/mol. The van der Waals surface area contributed by atoms with E-state index in [1.54, 1.807) is 23.1 Å². The molecule has 1 amide bonds. The Bertz CT molecular complexity index is 1150. The second kappa shape index (κ2) is 7.55. The van der Waals surface area contributed by atoms with Crippen LogP contribution in [0.5, 0.6) is 0 Å². The smallest absolute Gasteiger partial charge is 0.254 e. The molecule has 1 fully saturated rings. The van der Waals surface area contributed by atoms with Gasteiger partial charge in [-0.15, -0.1) is 11.3 Å². The van der Waals surface area contributed by atoms with E-state index in [4.69, 9.17) is 0 Å². The van der Waals surface area contributed by atoms with E-state index in [2.05, 4.69) is 20.9 Å². The van der Waals surface area contributed by atoms with E-state index >= 15 is 0 Å². The highest BCUT2D eigenvalue weighted by Gasteiger charge is 2.31. The summed E-state index contributed by atoms with van der Waals surface area (Å²) >= 11 is 4.50. The van der Waals surface area contributed by atoms with Crippen molar-refractivity contribution in [2.24, 2.45) is 0 Å². The first-order chi connectivity index (χ1) is 13.4. The Balaban J connectivity index is 1.54. The van der Waals surface area contributed by atoms with Crippen LogP contribution in [0.2, 0.25) is 0 Å². The number of thiophene rings is 1. The molecular formula is C19H18BrN3O3S2. The fraction of sp³-hybridized carbons (Fsp3) is 0.263. The molecule has 2 aromatic heterocycles. The number of halogens is 1. The summed E-state index contributed by atoms with van der Waals surface area (Å²) in [4.78, 5) is 19.3. The van der Waals surface area contributed by atoms with Crippen LogP contribution >= 0.6 is 27.3 Å². The van der Waals surface area contributed by atoms with E-state index < -0.39 is 10.0 Å². The molecule has 0 atom stereocenters. The highest BCUT2D eigenvalue weighted by Crippen LogP contribution is 2.29. The molecule has 1 aliphatic rings. The number of aryl methyl sites for hydroxylation is 1. The standard InChI is InChI=1S/C19H18BrN3O3S2/c1-13-12-15(14-4-2-3-5-16(14)21-13)19(24)22-8-10-23(11-9-22)28(25,26)18-7-6-17(20)27-18/h2-7,12H,8-11H2,1H3. The summed E-state index contributed by atoms with van der Waals surface area (Å²) in [6.07, 6.45) is 0. The molecule has 3 aromatic rings. The molecule has 4 rings (SSSR count). The highest BCUT2D eigenvalue weighted by atomic mass is 79.9. The van der Waals surface area contributed by atoms with Crippen molar-refractivity contribution in [1.29, 1.82) is 0 Å². The zero-order valence-electron chi connectivity index (χ0n) is 15.1. The minimum Gasteiger partial charge on any atom is -0.336 e. The summed E-state index contributed by atoms with van der Waals surface area (Å²) in [5, 5.41) is 0.816. The van der Waals surface area contributed by atoms with Crippen LogP contribution in [0.25, 0.3) is 10.9 Å². The molecule has 0 unspecified atom stereocenters. The van der Waals surface area contributed by atoms with Crippen LogP contribution in [0.4, 0.5) is 0 Å². The number of hydrogen-bond donors (Lipinski definition) is 0. The molecule has 0 radical (unpaired) electrons. The van der Waals surface area contributed by atoms with Gasteiger partial charge in [0.25, 0.3) is 15.9 Å². The average Bonchev–Trinajstić information content (AvgIpc) is 3.14. The SMILES string of the molecule is Cc1cc(C(=O)N2CCN(S(=O)(=O)c3ccc(Br)s3)CC2)c2ccccc2n1. The lowest BCUT2D eigenvalue weighted by Crippen LogP contribution is -2.50. The molecule has 1 aromatic carbocycles. The first-order valence-electron chi connectivity index (χ1n) is 8.77. The van der Waals surface area contributed by atoms with Gasteiger partial charge in [0, 0.05) is 37.3 Å². The topological polar surface area (TPSA) is 70.6 Å². The number of nitrogens with zero attached hydrogens (tertiary/aromatic N) is 3. The summed E-state index contributed by atoms with van der Waals surface area (Å²) in [7, 11) is -3.52. The minimum absolute atomic E-state index is 0.0855. The molecule has 0 bridgehead atoms. The Kier molecular flexibility index (Phi) is 5.26. The molecule has 0 aliphatic carbocycles. The number of para-hydroxylation sites is 1. The Hall–Kier alpha value is -1.81. The third-order valence-electron chi connectivity index (χ3n) is 4.74. The van der Waals surface area contributed by atoms with Gasteiger partial charge in [-0.2, -0.15) is 4.31 Å². The third kappa shape index (κ3) is 3.59. The molecule has 3 heterocycles. The second-order valence-corrected chi connectivity index (χ2v) is 11.2. The van der Waals surface area contributed by atoms with Crippen molar-refractivity contribution in [3.63, 3.8) is 0 Å². The van der Waals surface area contributed by atoms with Crippen molar-refractivity contribution >= 4 is 54.1 Å². The van der Waals surface area contributed by atoms with E-state index in [-0.39, 0.29) is 19.0 Å². The van der Waals surface area contributed by atoms with E-state index in [0.29, 0.717) is 22.9 Å². The quantitative estimate of drug-likeness (QED) is 0.576. The fourth-order valence-corrected chi connectivity index (χ4v) is 6.94. The monoisotopic (exact) mass is 479 g/mol. The first-order valence-corrected chi connectivity index (χ1v) is 11.8. The number of sulfonamides is 1. The number of carbonyl (C=O) groups excluding carboxylic acids is 1. The van der Waals surface area contributed by atoms with E-state index in [0.717, 1.165) is 20.4 Å². The predicted octanol–water partition coefficient (Wildman–Crippen LogP) is 3.51. The zero-order chi connectivity index (χ0) is 19.9. The number of rotatable bonds is 3. The van der Waals surface area contributed by atoms with Crippen LogP contribution < -0.4 is 0 Å². The summed E-state index contributed by atoms with van der Waals surface area (Å²) in [6, 6.07) is 12.7. The number of fused-ring (bicyclic) bond motifs is 1. The molecule has 6 nitrogen and oxygen atoms in total. The fourth-order valence-electron chi connectivity index (χ4n) is 3.35. The number of carbonyl (C=O) groups is 1. The number of hydrogen-bond acceptors (Lipinski definition) is 5. The maximum absolute atomic E-state index is 13.1. The van der Waals surface area contributed by atoms with Crippen LogP contribution in [0, 0.1) is 6.92 Å². The van der Waals surface area contributed by atoms with Gasteiger partial charge in [0.2, 0.25) is 0 Å². The average molecular weight is 480 g/mol. The summed E-state index contributed by atoms with van der Waals surface area (Å²) in [5.41, 5.74) is 2.18. The van der Waals surface area contributed by atoms with Crippen molar-refractivity contribution < 1.29 is 13.2 Å². The van der Waals surface area contributed by atoms with Gasteiger partial charge in [-0.25, -0.2) is 8.42 Å². The number of piperazine rings is 1. The number of amides is 1. The van der Waals surface area contributed by atoms with Gasteiger partial charge in [0.15, 0.2) is 0 Å². The Morgan fingerprint density at radius 3 is 2.50 bits per heavy atom. The van der Waals surface area contributed by atoms with Crippen molar-refractivity contribution in [1.82, 2.24) is 14.2 Å². The Morgan fingerprint density at radius 1 is 1.11 bits per heavy atom. The normalized spacial score (nSPS) is 15.9. The Labute approximate surface area is 176 Å². The van der Waals surface area contributed by atoms with Gasteiger partial charge in [-0.1, -0.05) is 18.2 Å². The van der Waals surface area contributed by atoms with Gasteiger partial charge < -0.3 is 4.90 Å². The number of aromatic nitrogens is 1. The van der Waals surface area contributed by atoms with E-state index in [1.807, 2.05) is 31.2 Å². The summed E-state index contributed by atoms with van der Waals surface area (Å²) in [5.74, 6) is -0.0855. The van der Waals surface area contributed by atoms with Gasteiger partial charge in [0.05, 0.1) is 14.9 Å². The molecule has 28 heavy (non-hydrogen) atoms. The van der Waals surface area contributed by atoms with Gasteiger partial charge in [-0.05, 0) is 47.1 Å². The van der Waals surface area contributed by atoms with Crippen LogP contribution in [-0.4, -0.2) is 54.7 Å². The van der Waals surface area contributed by atoms with Crippen molar-refractivity contribution in [3.8, 4) is 0 Å². The van der Waals surface area contributed by atoms with E-state index in [9.17, 15) is 13.2 Å². The number of benzene rings is 1. The maximum Gasteiger partial charge on any atom is 0.254 e. The second-order valence-electron chi connectivity index (χ2n) is 6.58. The molecule has 1 aliphatic heterocycles. The molecule has 1 saturated heterocycles. The van der Waals surface area contributed by atoms with Crippen LogP contribution in [-0.2, 0) is 10.0 Å². The zero-order valence-corrected chi connectivity index (χ0v) is 18.3. The lowest BCUT2D eigenvalue weighted by atomic mass is 10.1. The molecule has 146 valence electrons. The first kappa shape index (κ1) is 19.5. The summed E-state index contributed by atoms with van der Waals surface area (Å²) in [6.45, 7) is 3.16. The minimum atomic E-state index is -3.52. The number of pyridine rings is 1. The van der Waals surface area contributed by atoms with Crippen molar-refractivity contribution in [2.45, 2.75) is 11.1 Å². The van der Waals surface area contributed by atoms with Crippen LogP contribution in [0.1, 0.15) is 16.1 Å². The van der Waals surface area contributed by atoms with Crippen LogP contribution in [0.3, 0.4) is 0 Å². The molecule has 0 N–H and O–H groups in total. The van der Waals surface area contributed by atoms with Gasteiger partial charge in [-0.3, -0.25) is 9.78 Å². The van der Waals surface area contributed by atoms with Crippen LogP contribution in [0.15, 0.2) is 50.5 Å². The van der Waals surface area contributed by atoms with Crippen molar-refractivity contribution in [3.05, 3.63) is 57.5 Å². The van der Waals surface area contributed by atoms with Crippen molar-refractivity contribution in [2.75, 3.05) is 26.2 Å². The maximum atomic E-state index is 13.1. The van der Waals surface area contributed by atoms with Gasteiger partial charge in [0.1, 0.15) is 4.21 Å². The van der Waals surface area contributed by atoms with E-state index in [1.165, 1.54) is 15.6 Å². The lowest BCUT2D eigenvalue weighted by Gasteiger charge is -2.34. The molecule has 9 heteroatoms. The Morgan fingerprint density at radius 2 is 1.82 bits per heavy atom. The molecule has 0 spiro atoms. The molecule has 0 saturated carbocycles.